The lowest BCUT2D eigenvalue weighted by molar-refractivity contribution is -0.387. The summed E-state index contributed by atoms with van der Waals surface area (Å²) >= 11 is 2.99. The van der Waals surface area contributed by atoms with Gasteiger partial charge in [-0.25, -0.2) is 4.98 Å². The third-order valence-electron chi connectivity index (χ3n) is 10.8. The molecule has 9 rings (SSSR count). The molecule has 1 aliphatic heterocycles. The van der Waals surface area contributed by atoms with Gasteiger partial charge in [0.05, 0.1) is 38.3 Å². The van der Waals surface area contributed by atoms with Crippen molar-refractivity contribution in [2.45, 2.75) is 18.9 Å². The number of hydrogen-bond donors (Lipinski definition) is 3. The number of aryl methyl sites for hydroxylation is 1. The van der Waals surface area contributed by atoms with Crippen LogP contribution in [0.15, 0.2) is 168 Å². The molecule has 1 fully saturated rings. The summed E-state index contributed by atoms with van der Waals surface area (Å²) < 4.78 is 15.2. The Morgan fingerprint density at radius 2 is 1.21 bits per heavy atom. The number of halogens is 2. The van der Waals surface area contributed by atoms with E-state index in [1.54, 1.807) is 19.2 Å². The number of benzene rings is 7. The Bertz CT molecular complexity index is 2970. The minimum atomic E-state index is -0.821. The fourth-order valence-electron chi connectivity index (χ4n) is 7.41. The minimum absolute atomic E-state index is 0.0915. The van der Waals surface area contributed by atoms with E-state index in [4.69, 9.17) is 10.7 Å². The summed E-state index contributed by atoms with van der Waals surface area (Å²) in [4.78, 5) is 26.6. The van der Waals surface area contributed by atoms with Crippen molar-refractivity contribution >= 4 is 55.4 Å². The van der Waals surface area contributed by atoms with Gasteiger partial charge in [0.1, 0.15) is 11.5 Å². The lowest BCUT2D eigenvalue weighted by Gasteiger charge is -2.17. The van der Waals surface area contributed by atoms with Crippen molar-refractivity contribution in [3.05, 3.63) is 200 Å². The third-order valence-corrected chi connectivity index (χ3v) is 11.3. The third kappa shape index (κ3) is 11.7. The van der Waals surface area contributed by atoms with Crippen molar-refractivity contribution in [2.75, 3.05) is 37.0 Å². The molecule has 1 aliphatic rings. The molecule has 1 saturated heterocycles. The van der Waals surface area contributed by atoms with Gasteiger partial charge in [0.25, 0.3) is 5.69 Å². The molecule has 66 heavy (non-hydrogen) atoms. The number of nitro benzene ring substituents is 2. The highest BCUT2D eigenvalue weighted by Gasteiger charge is 2.29. The quantitative estimate of drug-likeness (QED) is 0.0574. The molecule has 334 valence electrons. The second kappa shape index (κ2) is 22.5. The molecule has 4 N–H and O–H groups in total. The molecule has 2 heterocycles. The zero-order chi connectivity index (χ0) is 47.2. The first-order valence-electron chi connectivity index (χ1n) is 20.8. The second-order valence-corrected chi connectivity index (χ2v) is 15.8. The van der Waals surface area contributed by atoms with Crippen LogP contribution in [0.4, 0.5) is 32.8 Å². The van der Waals surface area contributed by atoms with Crippen LogP contribution >= 0.6 is 15.9 Å². The smallest absolute Gasteiger partial charge is 0.305 e. The molecule has 0 spiro atoms. The molecule has 0 aliphatic carbocycles. The van der Waals surface area contributed by atoms with Gasteiger partial charge >= 0.3 is 5.69 Å². The number of imidazole rings is 1. The summed E-state index contributed by atoms with van der Waals surface area (Å²) in [6.07, 6.45) is 4.35. The van der Waals surface area contributed by atoms with E-state index in [1.807, 2.05) is 104 Å². The van der Waals surface area contributed by atoms with Gasteiger partial charge in [0, 0.05) is 44.3 Å². The van der Waals surface area contributed by atoms with Crippen molar-refractivity contribution in [1.29, 1.82) is 5.26 Å². The molecule has 1 aromatic heterocycles. The number of nitriles is 1. The SMILES string of the molecule is CNc1ccc(-c2ccccc2)cc1N.CNc1ccc(-c2ccccc2)cc1[N+](=O)[O-].Cn1c([C@@H]2CCCN2C#N)nc2cc(-c3ccccc3)ccc21.O=[N+]([O-])c1cc(Br)ccc1F. The van der Waals surface area contributed by atoms with Crippen molar-refractivity contribution in [3.8, 4) is 39.6 Å². The topological polar surface area (TPSA) is 181 Å². The minimum Gasteiger partial charge on any atom is -0.397 e. The van der Waals surface area contributed by atoms with E-state index in [0.29, 0.717) is 10.2 Å². The van der Waals surface area contributed by atoms with Crippen LogP contribution in [0, 0.1) is 37.5 Å². The number of rotatable bonds is 8. The van der Waals surface area contributed by atoms with Gasteiger partial charge in [-0.3, -0.25) is 20.2 Å². The molecule has 0 unspecified atom stereocenters. The molecule has 7 aromatic carbocycles. The van der Waals surface area contributed by atoms with Gasteiger partial charge in [-0.2, -0.15) is 9.65 Å². The monoisotopic (exact) mass is 947 g/mol. The standard InChI is InChI=1S/C19H18N4.C13H12N2O2.C13H14N2.C6H3BrFNO2/c1-22-17-10-9-15(14-6-3-2-4-7-14)12-16(17)21-19(22)18-8-5-11-23(18)13-20;1-14-12-8-7-11(9-13(12)15(16)17)10-5-3-2-4-6-10;1-15-13-8-7-11(9-12(13)14)10-5-3-2-4-6-10;7-4-1-2-5(8)6(3-4)9(10)11/h2-4,6-7,9-10,12,18H,5,8,11H2,1H3;2-9,14H,1H3;2-9,15H,14H2,1H3;1-3H/t18-;;;/m0.../s1. The summed E-state index contributed by atoms with van der Waals surface area (Å²) in [5.41, 5.74) is 16.4. The zero-order valence-electron chi connectivity index (χ0n) is 36.4. The molecule has 0 radical (unpaired) electrons. The van der Waals surface area contributed by atoms with Crippen LogP contribution in [0.25, 0.3) is 44.4 Å². The number of nitrogens with one attached hydrogen (secondary N) is 2. The van der Waals surface area contributed by atoms with Gasteiger partial charge in [0.2, 0.25) is 5.82 Å². The van der Waals surface area contributed by atoms with Crippen LogP contribution in [-0.2, 0) is 7.05 Å². The van der Waals surface area contributed by atoms with Crippen molar-refractivity contribution in [3.63, 3.8) is 0 Å². The molecule has 13 nitrogen and oxygen atoms in total. The highest BCUT2D eigenvalue weighted by atomic mass is 79.9. The van der Waals surface area contributed by atoms with E-state index in [2.05, 4.69) is 85.9 Å². The van der Waals surface area contributed by atoms with E-state index in [9.17, 15) is 29.9 Å². The van der Waals surface area contributed by atoms with Crippen LogP contribution in [0.5, 0.6) is 0 Å². The number of likely N-dealkylation sites (tertiary alicyclic amines) is 1. The number of nitro groups is 2. The molecular formula is C51H47BrFN9O4. The van der Waals surface area contributed by atoms with Crippen LogP contribution in [-0.4, -0.2) is 44.9 Å². The highest BCUT2D eigenvalue weighted by molar-refractivity contribution is 9.10. The zero-order valence-corrected chi connectivity index (χ0v) is 38.0. The first kappa shape index (κ1) is 47.4. The summed E-state index contributed by atoms with van der Waals surface area (Å²) in [5, 5.41) is 36.2. The first-order valence-corrected chi connectivity index (χ1v) is 21.6. The Kier molecular flexibility index (Phi) is 16.2. The van der Waals surface area contributed by atoms with Crippen molar-refractivity contribution < 1.29 is 14.2 Å². The van der Waals surface area contributed by atoms with Gasteiger partial charge < -0.3 is 25.8 Å². The van der Waals surface area contributed by atoms with E-state index in [0.717, 1.165) is 76.4 Å². The van der Waals surface area contributed by atoms with Crippen molar-refractivity contribution in [2.24, 2.45) is 7.05 Å². The lowest BCUT2D eigenvalue weighted by Crippen LogP contribution is -2.19. The molecule has 0 saturated carbocycles. The predicted molar refractivity (Wildman–Crippen MR) is 265 cm³/mol. The molecular weight excluding hydrogens is 902 g/mol. The second-order valence-electron chi connectivity index (χ2n) is 14.9. The number of nitrogens with two attached hydrogens (primary N) is 1. The summed E-state index contributed by atoms with van der Waals surface area (Å²) in [5.74, 6) is 0.169. The van der Waals surface area contributed by atoms with Crippen LogP contribution < -0.4 is 16.4 Å². The number of nitrogens with zero attached hydrogens (tertiary/aromatic N) is 6. The van der Waals surface area contributed by atoms with E-state index in [-0.39, 0.29) is 16.7 Å². The van der Waals surface area contributed by atoms with Crippen LogP contribution in [0.2, 0.25) is 0 Å². The normalized spacial score (nSPS) is 12.5. The Labute approximate surface area is 390 Å². The van der Waals surface area contributed by atoms with E-state index in [1.165, 1.54) is 22.8 Å². The van der Waals surface area contributed by atoms with Gasteiger partial charge in [-0.05, 0) is 88.7 Å². The summed E-state index contributed by atoms with van der Waals surface area (Å²) in [6, 6.07) is 51.5. The van der Waals surface area contributed by atoms with Gasteiger partial charge in [0.15, 0.2) is 6.19 Å². The van der Waals surface area contributed by atoms with E-state index < -0.39 is 16.4 Å². The Hall–Kier alpha value is -8.09. The number of aromatic nitrogens is 2. The van der Waals surface area contributed by atoms with Crippen molar-refractivity contribution in [1.82, 2.24) is 14.5 Å². The molecule has 0 amide bonds. The fraction of sp³-hybridized carbons (Fsp3) is 0.137. The predicted octanol–water partition coefficient (Wildman–Crippen LogP) is 12.6. The largest absolute Gasteiger partial charge is 0.397 e. The Balaban J connectivity index is 0.000000151. The average Bonchev–Trinajstić information content (AvgIpc) is 3.96. The lowest BCUT2D eigenvalue weighted by atomic mass is 10.0. The Morgan fingerprint density at radius 3 is 1.71 bits per heavy atom. The number of anilines is 3. The van der Waals surface area contributed by atoms with Crippen LogP contribution in [0.3, 0.4) is 0 Å². The maximum Gasteiger partial charge on any atom is 0.305 e. The van der Waals surface area contributed by atoms with Gasteiger partial charge in [-0.15, -0.1) is 0 Å². The number of nitrogen functional groups attached to an aromatic ring is 1. The number of fused-ring (bicyclic) bond motifs is 1. The van der Waals surface area contributed by atoms with Crippen LogP contribution in [0.1, 0.15) is 24.7 Å². The summed E-state index contributed by atoms with van der Waals surface area (Å²) in [6.45, 7) is 0.833. The fourth-order valence-corrected chi connectivity index (χ4v) is 7.76. The first-order chi connectivity index (χ1) is 31.9. The maximum atomic E-state index is 12.6. The summed E-state index contributed by atoms with van der Waals surface area (Å²) in [7, 11) is 5.58. The maximum absolute atomic E-state index is 12.6. The average molecular weight is 949 g/mol. The molecule has 1 atom stereocenters. The van der Waals surface area contributed by atoms with E-state index >= 15 is 0 Å². The highest BCUT2D eigenvalue weighted by Crippen LogP contribution is 2.34. The molecule has 8 aromatic rings. The Morgan fingerprint density at radius 1 is 0.697 bits per heavy atom. The molecule has 0 bridgehead atoms. The number of hydrogen-bond acceptors (Lipinski definition) is 10. The van der Waals surface area contributed by atoms with Gasteiger partial charge in [-0.1, -0.05) is 125 Å². The molecule has 15 heteroatoms.